The normalized spacial score (nSPS) is 20.6. The molecule has 2 N–H and O–H groups in total. The van der Waals surface area contributed by atoms with Crippen molar-refractivity contribution in [2.24, 2.45) is 5.92 Å². The molecule has 1 fully saturated rings. The lowest BCUT2D eigenvalue weighted by Gasteiger charge is -2.19. The van der Waals surface area contributed by atoms with Crippen molar-refractivity contribution in [3.8, 4) is 0 Å². The molecule has 2 atom stereocenters. The number of carbonyl (C=O) groups is 2. The fourth-order valence-corrected chi connectivity index (χ4v) is 9.08. The summed E-state index contributed by atoms with van der Waals surface area (Å²) in [6.45, 7) is 3.97. The van der Waals surface area contributed by atoms with Crippen molar-refractivity contribution < 1.29 is 30.8 Å². The average Bonchev–Trinajstić information content (AvgIpc) is 3.56. The van der Waals surface area contributed by atoms with Crippen LogP contribution in [0.5, 0.6) is 0 Å². The Hall–Kier alpha value is -2.96. The van der Waals surface area contributed by atoms with Gasteiger partial charge < -0.3 is 15.1 Å². The molecule has 0 bridgehead atoms. The molecule has 3 heterocycles. The summed E-state index contributed by atoms with van der Waals surface area (Å²) in [5.41, 5.74) is 2.11. The first kappa shape index (κ1) is 26.6. The fourth-order valence-electron chi connectivity index (χ4n) is 4.83. The van der Waals surface area contributed by atoms with Gasteiger partial charge in [-0.15, -0.1) is 11.3 Å². The molecule has 202 valence electrons. The number of thiophene rings is 1. The number of fused-ring (bicyclic) bond motifs is 1. The predicted molar refractivity (Wildman–Crippen MR) is 143 cm³/mol. The quantitative estimate of drug-likeness (QED) is 0.455. The van der Waals surface area contributed by atoms with E-state index in [1.54, 1.807) is 12.1 Å². The summed E-state index contributed by atoms with van der Waals surface area (Å²) in [5, 5.41) is 5.56. The molecule has 2 aromatic heterocycles. The second-order valence-corrected chi connectivity index (χ2v) is 15.2. The Bertz CT molecular complexity index is 1620. The van der Waals surface area contributed by atoms with Gasteiger partial charge in [-0.25, -0.2) is 16.8 Å². The smallest absolute Gasteiger partial charge is 0.292 e. The van der Waals surface area contributed by atoms with Gasteiger partial charge in [0.05, 0.1) is 22.0 Å². The molecule has 12 heteroatoms. The van der Waals surface area contributed by atoms with Crippen molar-refractivity contribution in [1.82, 2.24) is 5.32 Å². The predicted octanol–water partition coefficient (Wildman–Crippen LogP) is 3.78. The Morgan fingerprint density at radius 3 is 2.47 bits per heavy atom. The van der Waals surface area contributed by atoms with Gasteiger partial charge >= 0.3 is 0 Å². The van der Waals surface area contributed by atoms with Crippen molar-refractivity contribution in [2.45, 2.75) is 55.6 Å². The number of hydrogen-bond acceptors (Lipinski definition) is 8. The Morgan fingerprint density at radius 2 is 1.79 bits per heavy atom. The zero-order chi connectivity index (χ0) is 27.2. The fraction of sp³-hybridized carbons (Fsp3) is 0.385. The standard InChI is InChI=1S/C26H28N2O7S3/c1-15-3-6-18(7-4-15)38(33,34)22-10-9-20(35-22)24(29)28-26-23(19-8-5-16(2)13-21(19)36-26)25(30)27-17-11-12-37(31,32)14-17/h3-4,6-7,9-10,16-17H,5,8,11-14H2,1-2H3,(H,27,30)(H,28,29). The van der Waals surface area contributed by atoms with Crippen molar-refractivity contribution in [2.75, 3.05) is 16.8 Å². The van der Waals surface area contributed by atoms with Gasteiger partial charge in [-0.05, 0) is 68.4 Å². The van der Waals surface area contributed by atoms with Crippen LogP contribution in [-0.2, 0) is 32.5 Å². The number of anilines is 1. The number of hydrogen-bond donors (Lipinski definition) is 2. The highest BCUT2D eigenvalue weighted by Crippen LogP contribution is 2.40. The van der Waals surface area contributed by atoms with Crippen LogP contribution in [0.1, 0.15) is 56.7 Å². The van der Waals surface area contributed by atoms with E-state index >= 15 is 0 Å². The van der Waals surface area contributed by atoms with E-state index in [0.717, 1.165) is 28.8 Å². The first-order chi connectivity index (χ1) is 17.9. The Balaban J connectivity index is 1.40. The third-order valence-corrected chi connectivity index (χ3v) is 11.5. The van der Waals surface area contributed by atoms with Gasteiger partial charge in [0.25, 0.3) is 11.8 Å². The van der Waals surface area contributed by atoms with E-state index in [1.807, 2.05) is 6.92 Å². The molecule has 38 heavy (non-hydrogen) atoms. The molecule has 1 saturated heterocycles. The van der Waals surface area contributed by atoms with Gasteiger partial charge in [0.15, 0.2) is 15.6 Å². The molecular weight excluding hydrogens is 548 g/mol. The number of rotatable bonds is 6. The minimum atomic E-state index is -3.95. The van der Waals surface area contributed by atoms with Crippen LogP contribution >= 0.6 is 11.3 Å². The first-order valence-electron chi connectivity index (χ1n) is 12.3. The molecule has 0 spiro atoms. The van der Waals surface area contributed by atoms with E-state index < -0.39 is 37.5 Å². The van der Waals surface area contributed by atoms with Crippen LogP contribution in [0, 0.1) is 12.8 Å². The van der Waals surface area contributed by atoms with Crippen LogP contribution in [0.4, 0.5) is 5.00 Å². The number of aryl methyl sites for hydroxylation is 1. The number of amides is 2. The summed E-state index contributed by atoms with van der Waals surface area (Å²) >= 11 is 1.31. The minimum Gasteiger partial charge on any atom is -0.439 e. The van der Waals surface area contributed by atoms with Crippen LogP contribution in [-0.4, -0.2) is 46.2 Å². The molecule has 9 nitrogen and oxygen atoms in total. The Labute approximate surface area is 225 Å². The van der Waals surface area contributed by atoms with Gasteiger partial charge in [-0.1, -0.05) is 24.6 Å². The van der Waals surface area contributed by atoms with Crippen LogP contribution in [0.3, 0.4) is 0 Å². The second-order valence-electron chi connectivity index (χ2n) is 10.0. The zero-order valence-corrected chi connectivity index (χ0v) is 23.4. The maximum absolute atomic E-state index is 13.3. The van der Waals surface area contributed by atoms with Crippen molar-refractivity contribution in [3.63, 3.8) is 0 Å². The molecule has 5 rings (SSSR count). The molecule has 0 saturated carbocycles. The highest BCUT2D eigenvalue weighted by Gasteiger charge is 2.33. The molecule has 1 aliphatic heterocycles. The minimum absolute atomic E-state index is 0.0348. The molecular formula is C26H28N2O7S3. The van der Waals surface area contributed by atoms with Gasteiger partial charge in [0.2, 0.25) is 14.9 Å². The number of carbonyl (C=O) groups excluding carboxylic acids is 2. The molecule has 1 aromatic carbocycles. The summed E-state index contributed by atoms with van der Waals surface area (Å²) in [6, 6.07) is 8.35. The lowest BCUT2D eigenvalue weighted by molar-refractivity contribution is 0.0941. The van der Waals surface area contributed by atoms with E-state index in [0.29, 0.717) is 29.3 Å². The number of furan rings is 1. The van der Waals surface area contributed by atoms with Gasteiger partial charge in [-0.2, -0.15) is 0 Å². The topological polar surface area (TPSA) is 140 Å². The lowest BCUT2D eigenvalue weighted by atomic mass is 9.88. The maximum atomic E-state index is 13.3. The van der Waals surface area contributed by atoms with Crippen molar-refractivity contribution in [3.05, 3.63) is 63.7 Å². The number of sulfone groups is 2. The molecule has 3 aromatic rings. The van der Waals surface area contributed by atoms with Gasteiger partial charge in [-0.3, -0.25) is 9.59 Å². The SMILES string of the molecule is Cc1ccc(S(=O)(=O)c2ccc(C(=O)Nc3sc4c(c3C(=O)NC3CCS(=O)(=O)C3)CCC(C)C4)o2)cc1. The van der Waals surface area contributed by atoms with E-state index in [2.05, 4.69) is 17.6 Å². The Morgan fingerprint density at radius 1 is 1.05 bits per heavy atom. The van der Waals surface area contributed by atoms with Crippen LogP contribution < -0.4 is 10.6 Å². The lowest BCUT2D eigenvalue weighted by Crippen LogP contribution is -2.36. The summed E-state index contributed by atoms with van der Waals surface area (Å²) in [7, 11) is -7.13. The van der Waals surface area contributed by atoms with Crippen LogP contribution in [0.25, 0.3) is 0 Å². The monoisotopic (exact) mass is 576 g/mol. The van der Waals surface area contributed by atoms with Crippen LogP contribution in [0.2, 0.25) is 0 Å². The molecule has 0 radical (unpaired) electrons. The Kier molecular flexibility index (Phi) is 6.99. The van der Waals surface area contributed by atoms with Gasteiger partial charge in [0.1, 0.15) is 5.00 Å². The van der Waals surface area contributed by atoms with E-state index in [4.69, 9.17) is 4.42 Å². The molecule has 1 aliphatic carbocycles. The summed E-state index contributed by atoms with van der Waals surface area (Å²) in [6.07, 6.45) is 2.69. The molecule has 2 aliphatic rings. The largest absolute Gasteiger partial charge is 0.439 e. The summed E-state index contributed by atoms with van der Waals surface area (Å²) < 4.78 is 55.1. The van der Waals surface area contributed by atoms with E-state index in [9.17, 15) is 26.4 Å². The highest BCUT2D eigenvalue weighted by molar-refractivity contribution is 7.91. The highest BCUT2D eigenvalue weighted by atomic mass is 32.2. The number of nitrogens with one attached hydrogen (secondary N) is 2. The third kappa shape index (κ3) is 5.29. The van der Waals surface area contributed by atoms with E-state index in [1.165, 1.54) is 35.6 Å². The zero-order valence-electron chi connectivity index (χ0n) is 20.9. The average molecular weight is 577 g/mol. The van der Waals surface area contributed by atoms with Gasteiger partial charge in [0, 0.05) is 10.9 Å². The third-order valence-electron chi connectivity index (χ3n) is 6.93. The second kappa shape index (κ2) is 9.97. The summed E-state index contributed by atoms with van der Waals surface area (Å²) in [5.74, 6) is -0.943. The maximum Gasteiger partial charge on any atom is 0.292 e. The van der Waals surface area contributed by atoms with Crippen molar-refractivity contribution in [1.29, 1.82) is 0 Å². The van der Waals surface area contributed by atoms with E-state index in [-0.39, 0.29) is 27.3 Å². The first-order valence-corrected chi connectivity index (χ1v) is 16.4. The molecule has 2 amide bonds. The molecule has 2 unspecified atom stereocenters. The summed E-state index contributed by atoms with van der Waals surface area (Å²) in [4.78, 5) is 27.5. The van der Waals surface area contributed by atoms with Crippen LogP contribution in [0.15, 0.2) is 50.8 Å². The number of benzene rings is 1. The van der Waals surface area contributed by atoms with Crippen molar-refractivity contribution >= 4 is 47.8 Å².